The highest BCUT2D eigenvalue weighted by atomic mass is 16.5. The van der Waals surface area contributed by atoms with Gasteiger partial charge in [0.25, 0.3) is 0 Å². The van der Waals surface area contributed by atoms with Crippen molar-refractivity contribution in [2.45, 2.75) is 469 Å². The van der Waals surface area contributed by atoms with Gasteiger partial charge in [0.05, 0.1) is 25.4 Å². The Balaban J connectivity index is 3.35. The Labute approximate surface area is 557 Å². The highest BCUT2D eigenvalue weighted by molar-refractivity contribution is 5.76. The molecular weight excluding hydrogens is 1090 g/mol. The van der Waals surface area contributed by atoms with Gasteiger partial charge in [0.1, 0.15) is 0 Å². The SMILES string of the molecule is CCCCCCC/C=C\CCCCCCCC(=O)OCCCCCCCCCCCCCCCCCC/C=C\CCCCCCCCCCCCCCCCCCCC(=O)NC(CO)C(O)/C=C/CCCCCCCCCCCCCCCCCCCCC. The molecule has 0 aliphatic heterocycles. The van der Waals surface area contributed by atoms with E-state index in [-0.39, 0.29) is 18.5 Å². The van der Waals surface area contributed by atoms with Crippen molar-refractivity contribution in [3.63, 3.8) is 0 Å². The minimum Gasteiger partial charge on any atom is -0.466 e. The van der Waals surface area contributed by atoms with E-state index in [1.165, 1.54) is 385 Å². The van der Waals surface area contributed by atoms with E-state index in [0.717, 1.165) is 44.9 Å². The van der Waals surface area contributed by atoms with Crippen LogP contribution in [0.4, 0.5) is 0 Å². The smallest absolute Gasteiger partial charge is 0.305 e. The summed E-state index contributed by atoms with van der Waals surface area (Å²) in [4.78, 5) is 24.6. The minimum absolute atomic E-state index is 0.0134. The van der Waals surface area contributed by atoms with Crippen LogP contribution in [0.3, 0.4) is 0 Å². The van der Waals surface area contributed by atoms with E-state index in [0.29, 0.717) is 19.4 Å². The van der Waals surface area contributed by atoms with Crippen molar-refractivity contribution in [2.24, 2.45) is 0 Å². The largest absolute Gasteiger partial charge is 0.466 e. The summed E-state index contributed by atoms with van der Waals surface area (Å²) >= 11 is 0. The van der Waals surface area contributed by atoms with Crippen LogP contribution in [0.2, 0.25) is 0 Å². The Morgan fingerprint density at radius 3 is 0.798 bits per heavy atom. The third-order valence-electron chi connectivity index (χ3n) is 19.1. The zero-order valence-electron chi connectivity index (χ0n) is 60.4. The molecule has 2 unspecified atom stereocenters. The molecule has 89 heavy (non-hydrogen) atoms. The number of hydrogen-bond donors (Lipinski definition) is 3. The van der Waals surface area contributed by atoms with Crippen LogP contribution >= 0.6 is 0 Å². The predicted molar refractivity (Wildman–Crippen MR) is 393 cm³/mol. The highest BCUT2D eigenvalue weighted by Crippen LogP contribution is 2.20. The van der Waals surface area contributed by atoms with Crippen molar-refractivity contribution in [3.05, 3.63) is 36.5 Å². The molecule has 2 atom stereocenters. The van der Waals surface area contributed by atoms with Gasteiger partial charge >= 0.3 is 5.97 Å². The topological polar surface area (TPSA) is 95.9 Å². The van der Waals surface area contributed by atoms with Gasteiger partial charge in [-0.3, -0.25) is 9.59 Å². The maximum Gasteiger partial charge on any atom is 0.305 e. The third-order valence-corrected chi connectivity index (χ3v) is 19.1. The van der Waals surface area contributed by atoms with Crippen LogP contribution in [0.25, 0.3) is 0 Å². The van der Waals surface area contributed by atoms with E-state index < -0.39 is 12.1 Å². The molecule has 526 valence electrons. The first kappa shape index (κ1) is 87.1. The molecule has 6 nitrogen and oxygen atoms in total. The number of esters is 1. The Bertz CT molecular complexity index is 1440. The summed E-state index contributed by atoms with van der Waals surface area (Å²) in [6.07, 6.45) is 103. The number of aliphatic hydroxyl groups excluding tert-OH is 2. The number of allylic oxidation sites excluding steroid dienone is 5. The maximum atomic E-state index is 12.5. The average Bonchev–Trinajstić information content (AvgIpc) is 3.60. The van der Waals surface area contributed by atoms with Crippen molar-refractivity contribution in [2.75, 3.05) is 13.2 Å². The Morgan fingerprint density at radius 2 is 0.528 bits per heavy atom. The number of carbonyl (C=O) groups excluding carboxylic acids is 2. The van der Waals surface area contributed by atoms with E-state index in [9.17, 15) is 19.8 Å². The second-order valence-corrected chi connectivity index (χ2v) is 28.1. The first-order valence-electron chi connectivity index (χ1n) is 40.8. The van der Waals surface area contributed by atoms with Crippen LogP contribution in [0.15, 0.2) is 36.5 Å². The summed E-state index contributed by atoms with van der Waals surface area (Å²) in [5.41, 5.74) is 0. The monoisotopic (exact) mass is 1250 g/mol. The summed E-state index contributed by atoms with van der Waals surface area (Å²) in [5.74, 6) is -0.0460. The molecule has 0 heterocycles. The van der Waals surface area contributed by atoms with Crippen LogP contribution < -0.4 is 5.32 Å². The van der Waals surface area contributed by atoms with Crippen LogP contribution in [0.5, 0.6) is 0 Å². The molecule has 0 rings (SSSR count). The van der Waals surface area contributed by atoms with Crippen molar-refractivity contribution >= 4 is 11.9 Å². The number of nitrogens with one attached hydrogen (secondary N) is 1. The second kappa shape index (κ2) is 78.5. The van der Waals surface area contributed by atoms with Crippen molar-refractivity contribution < 1.29 is 24.5 Å². The van der Waals surface area contributed by atoms with Crippen molar-refractivity contribution in [1.82, 2.24) is 5.32 Å². The van der Waals surface area contributed by atoms with Crippen LogP contribution in [0.1, 0.15) is 457 Å². The predicted octanol–water partition coefficient (Wildman–Crippen LogP) is 27.0. The standard InChI is InChI=1S/C83H159NO5/c1-3-5-7-9-11-13-15-17-19-20-21-39-42-45-48-51-55-59-63-67-71-75-81(86)80(79-85)84-82(87)76-72-68-64-60-56-52-49-46-43-40-37-35-33-31-29-27-25-23-22-24-26-28-30-32-34-36-38-41-44-47-50-54-58-62-66-70-74-78-89-83(88)77-73-69-65-61-57-53-18-16-14-12-10-8-6-4-2/h16,18,22,24,71,75,80-81,85-86H,3-15,17,19-21,23,25-70,72-74,76-79H2,1-2H3,(H,84,87)/b18-16-,24-22-,75-71+. The quantitative estimate of drug-likeness (QED) is 0.0320. The average molecular weight is 1250 g/mol. The molecule has 0 aromatic heterocycles. The summed E-state index contributed by atoms with van der Waals surface area (Å²) in [6.45, 7) is 4.94. The fourth-order valence-corrected chi connectivity index (χ4v) is 12.9. The summed E-state index contributed by atoms with van der Waals surface area (Å²) in [7, 11) is 0. The van der Waals surface area contributed by atoms with Gasteiger partial charge < -0.3 is 20.3 Å². The second-order valence-electron chi connectivity index (χ2n) is 28.1. The third kappa shape index (κ3) is 75.0. The van der Waals surface area contributed by atoms with E-state index in [4.69, 9.17) is 4.74 Å². The maximum absolute atomic E-state index is 12.5. The molecule has 0 aliphatic carbocycles. The van der Waals surface area contributed by atoms with Crippen LogP contribution in [-0.4, -0.2) is 47.4 Å². The van der Waals surface area contributed by atoms with Gasteiger partial charge in [0.15, 0.2) is 0 Å². The Hall–Kier alpha value is -1.92. The lowest BCUT2D eigenvalue weighted by Gasteiger charge is -2.20. The first-order valence-corrected chi connectivity index (χ1v) is 40.8. The number of ether oxygens (including phenoxy) is 1. The first-order chi connectivity index (χ1) is 44.0. The molecule has 0 aliphatic rings. The number of rotatable bonds is 77. The van der Waals surface area contributed by atoms with E-state index in [1.807, 2.05) is 6.08 Å². The zero-order valence-corrected chi connectivity index (χ0v) is 60.4. The molecule has 1 amide bonds. The number of amides is 1. The van der Waals surface area contributed by atoms with Crippen LogP contribution in [0, 0.1) is 0 Å². The molecule has 0 saturated heterocycles. The van der Waals surface area contributed by atoms with Gasteiger partial charge in [-0.1, -0.05) is 397 Å². The van der Waals surface area contributed by atoms with E-state index >= 15 is 0 Å². The van der Waals surface area contributed by atoms with Crippen molar-refractivity contribution in [3.8, 4) is 0 Å². The lowest BCUT2D eigenvalue weighted by molar-refractivity contribution is -0.143. The fraction of sp³-hybridized carbons (Fsp3) is 0.904. The molecule has 0 fully saturated rings. The molecule has 0 aromatic carbocycles. The number of carbonyl (C=O) groups is 2. The van der Waals surface area contributed by atoms with Gasteiger partial charge in [-0.2, -0.15) is 0 Å². The van der Waals surface area contributed by atoms with Gasteiger partial charge in [-0.05, 0) is 83.5 Å². The van der Waals surface area contributed by atoms with Gasteiger partial charge in [-0.25, -0.2) is 0 Å². The molecule has 0 saturated carbocycles. The van der Waals surface area contributed by atoms with Crippen LogP contribution in [-0.2, 0) is 14.3 Å². The van der Waals surface area contributed by atoms with E-state index in [2.05, 4.69) is 43.5 Å². The highest BCUT2D eigenvalue weighted by Gasteiger charge is 2.18. The van der Waals surface area contributed by atoms with Gasteiger partial charge in [0, 0.05) is 12.8 Å². The molecule has 0 bridgehead atoms. The number of aliphatic hydroxyl groups is 2. The minimum atomic E-state index is -0.843. The van der Waals surface area contributed by atoms with Gasteiger partial charge in [-0.15, -0.1) is 0 Å². The molecular formula is C83H159NO5. The summed E-state index contributed by atoms with van der Waals surface area (Å²) in [6, 6.07) is -0.626. The molecule has 0 radical (unpaired) electrons. The molecule has 6 heteroatoms. The normalized spacial score (nSPS) is 12.6. The van der Waals surface area contributed by atoms with E-state index in [1.54, 1.807) is 6.08 Å². The number of unbranched alkanes of at least 4 members (excludes halogenated alkanes) is 62. The summed E-state index contributed by atoms with van der Waals surface area (Å²) < 4.78 is 5.49. The lowest BCUT2D eigenvalue weighted by atomic mass is 10.0. The Morgan fingerprint density at radius 1 is 0.303 bits per heavy atom. The Kier molecular flexibility index (Phi) is 76.8. The molecule has 3 N–H and O–H groups in total. The molecule has 0 aromatic rings. The summed E-state index contributed by atoms with van der Waals surface area (Å²) in [5, 5.41) is 23.3. The number of hydrogen-bond acceptors (Lipinski definition) is 5. The zero-order chi connectivity index (χ0) is 64.2. The van der Waals surface area contributed by atoms with Gasteiger partial charge in [0.2, 0.25) is 5.91 Å². The molecule has 0 spiro atoms. The van der Waals surface area contributed by atoms with Crippen molar-refractivity contribution in [1.29, 1.82) is 0 Å². The lowest BCUT2D eigenvalue weighted by Crippen LogP contribution is -2.45. The fourth-order valence-electron chi connectivity index (χ4n) is 12.9.